The van der Waals surface area contributed by atoms with E-state index in [1.807, 2.05) is 47.4 Å². The molecule has 0 unspecified atom stereocenters. The first-order valence-corrected chi connectivity index (χ1v) is 12.8. The molecule has 0 aliphatic carbocycles. The average molecular weight is 488 g/mol. The number of carbonyl (C=O) groups is 1. The number of nitrogens with zero attached hydrogens (tertiary/aromatic N) is 4. The van der Waals surface area contributed by atoms with Crippen LogP contribution in [0.25, 0.3) is 21.3 Å². The standard InChI is InChI=1S/C27H29N5O2S/c1-2-22-18-23-24(29-27(34-17-12-28)30-25(23)35-22)31-13-15-32(16-14-31)26(33)21-10-8-20(9-11-21)19-6-4-3-5-7-19/h3-11,18H,2,12-17,28H2,1H3. The van der Waals surface area contributed by atoms with Crippen molar-refractivity contribution in [3.05, 3.63) is 71.1 Å². The quantitative estimate of drug-likeness (QED) is 0.420. The Hall–Kier alpha value is -3.49. The highest BCUT2D eigenvalue weighted by molar-refractivity contribution is 7.18. The number of carbonyl (C=O) groups excluding carboxylic acids is 1. The highest BCUT2D eigenvalue weighted by atomic mass is 32.1. The number of thiophene rings is 1. The molecular formula is C27H29N5O2S. The number of piperazine rings is 1. The zero-order valence-electron chi connectivity index (χ0n) is 19.8. The Morgan fingerprint density at radius 3 is 2.40 bits per heavy atom. The van der Waals surface area contributed by atoms with Crippen LogP contribution in [0.4, 0.5) is 5.82 Å². The molecular weight excluding hydrogens is 458 g/mol. The monoisotopic (exact) mass is 487 g/mol. The second-order valence-corrected chi connectivity index (χ2v) is 9.59. The summed E-state index contributed by atoms with van der Waals surface area (Å²) >= 11 is 1.67. The molecule has 0 radical (unpaired) electrons. The van der Waals surface area contributed by atoms with Gasteiger partial charge in [-0.2, -0.15) is 9.97 Å². The number of ether oxygens (including phenoxy) is 1. The lowest BCUT2D eigenvalue weighted by molar-refractivity contribution is 0.0746. The molecule has 1 amide bonds. The number of benzene rings is 2. The maximum absolute atomic E-state index is 13.2. The molecule has 180 valence electrons. The molecule has 0 spiro atoms. The SMILES string of the molecule is CCc1cc2c(N3CCN(C(=O)c4ccc(-c5ccccc5)cc4)CC3)nc(OCCN)nc2s1. The Kier molecular flexibility index (Phi) is 6.92. The summed E-state index contributed by atoms with van der Waals surface area (Å²) in [5.41, 5.74) is 8.56. The summed E-state index contributed by atoms with van der Waals surface area (Å²) in [6.45, 7) is 5.60. The van der Waals surface area contributed by atoms with E-state index in [4.69, 9.17) is 15.5 Å². The lowest BCUT2D eigenvalue weighted by Crippen LogP contribution is -2.49. The number of nitrogens with two attached hydrogens (primary N) is 1. The van der Waals surface area contributed by atoms with Crippen LogP contribution in [0, 0.1) is 0 Å². The molecule has 3 heterocycles. The summed E-state index contributed by atoms with van der Waals surface area (Å²) in [5, 5.41) is 1.04. The minimum Gasteiger partial charge on any atom is -0.462 e. The smallest absolute Gasteiger partial charge is 0.319 e. The van der Waals surface area contributed by atoms with Gasteiger partial charge in [-0.1, -0.05) is 49.4 Å². The summed E-state index contributed by atoms with van der Waals surface area (Å²) in [4.78, 5) is 28.8. The van der Waals surface area contributed by atoms with Gasteiger partial charge in [-0.3, -0.25) is 4.79 Å². The van der Waals surface area contributed by atoms with Crippen molar-refractivity contribution < 1.29 is 9.53 Å². The normalized spacial score (nSPS) is 13.9. The van der Waals surface area contributed by atoms with E-state index < -0.39 is 0 Å². The van der Waals surface area contributed by atoms with Gasteiger partial charge in [-0.15, -0.1) is 11.3 Å². The minimum atomic E-state index is 0.0628. The van der Waals surface area contributed by atoms with Gasteiger partial charge in [-0.25, -0.2) is 0 Å². The summed E-state index contributed by atoms with van der Waals surface area (Å²) < 4.78 is 5.66. The first-order chi connectivity index (χ1) is 17.2. The van der Waals surface area contributed by atoms with Gasteiger partial charge < -0.3 is 20.3 Å². The number of hydrogen-bond donors (Lipinski definition) is 1. The van der Waals surface area contributed by atoms with Crippen LogP contribution in [0.15, 0.2) is 60.7 Å². The summed E-state index contributed by atoms with van der Waals surface area (Å²) in [7, 11) is 0. The first-order valence-electron chi connectivity index (χ1n) is 12.0. The predicted molar refractivity (Wildman–Crippen MR) is 141 cm³/mol. The molecule has 2 aromatic heterocycles. The Morgan fingerprint density at radius 2 is 1.71 bits per heavy atom. The highest BCUT2D eigenvalue weighted by Gasteiger charge is 2.25. The molecule has 4 aromatic rings. The van der Waals surface area contributed by atoms with Gasteiger partial charge in [0, 0.05) is 43.2 Å². The number of aryl methyl sites for hydroxylation is 1. The van der Waals surface area contributed by atoms with E-state index >= 15 is 0 Å². The average Bonchev–Trinajstić information content (AvgIpc) is 3.35. The molecule has 1 saturated heterocycles. The van der Waals surface area contributed by atoms with E-state index in [1.165, 1.54) is 4.88 Å². The fourth-order valence-corrected chi connectivity index (χ4v) is 5.26. The zero-order chi connectivity index (χ0) is 24.2. The lowest BCUT2D eigenvalue weighted by Gasteiger charge is -2.35. The molecule has 7 nitrogen and oxygen atoms in total. The molecule has 5 rings (SSSR count). The third kappa shape index (κ3) is 4.99. The van der Waals surface area contributed by atoms with E-state index in [0.29, 0.717) is 50.9 Å². The fourth-order valence-electron chi connectivity index (χ4n) is 4.31. The van der Waals surface area contributed by atoms with Gasteiger partial charge in [0.25, 0.3) is 5.91 Å². The molecule has 8 heteroatoms. The largest absolute Gasteiger partial charge is 0.462 e. The van der Waals surface area contributed by atoms with Gasteiger partial charge in [0.1, 0.15) is 17.3 Å². The maximum atomic E-state index is 13.2. The minimum absolute atomic E-state index is 0.0628. The molecule has 0 saturated carbocycles. The number of hydrogen-bond acceptors (Lipinski definition) is 7. The molecule has 0 bridgehead atoms. The molecule has 35 heavy (non-hydrogen) atoms. The van der Waals surface area contributed by atoms with Crippen molar-refractivity contribution in [1.82, 2.24) is 14.9 Å². The van der Waals surface area contributed by atoms with Gasteiger partial charge in [-0.05, 0) is 35.7 Å². The third-order valence-corrected chi connectivity index (χ3v) is 7.38. The maximum Gasteiger partial charge on any atom is 0.319 e. The van der Waals surface area contributed by atoms with Crippen LogP contribution in [0.1, 0.15) is 22.2 Å². The predicted octanol–water partition coefficient (Wildman–Crippen LogP) is 4.22. The second kappa shape index (κ2) is 10.4. The van der Waals surface area contributed by atoms with Crippen molar-refractivity contribution in [3.63, 3.8) is 0 Å². The van der Waals surface area contributed by atoms with E-state index in [-0.39, 0.29) is 5.91 Å². The summed E-state index contributed by atoms with van der Waals surface area (Å²) in [5.74, 6) is 0.935. The third-order valence-electron chi connectivity index (χ3n) is 6.21. The van der Waals surface area contributed by atoms with Gasteiger partial charge >= 0.3 is 6.01 Å². The van der Waals surface area contributed by atoms with Gasteiger partial charge in [0.2, 0.25) is 0 Å². The van der Waals surface area contributed by atoms with Crippen molar-refractivity contribution in [1.29, 1.82) is 0 Å². The topological polar surface area (TPSA) is 84.6 Å². The van der Waals surface area contributed by atoms with Crippen molar-refractivity contribution in [2.75, 3.05) is 44.2 Å². The molecule has 2 aromatic carbocycles. The molecule has 1 aliphatic heterocycles. The van der Waals surface area contributed by atoms with Gasteiger partial charge in [0.15, 0.2) is 0 Å². The van der Waals surface area contributed by atoms with Crippen LogP contribution in [0.3, 0.4) is 0 Å². The first kappa shape index (κ1) is 23.3. The second-order valence-electron chi connectivity index (χ2n) is 8.47. The summed E-state index contributed by atoms with van der Waals surface area (Å²) in [6, 6.07) is 20.6. The lowest BCUT2D eigenvalue weighted by atomic mass is 10.0. The number of aromatic nitrogens is 2. The Bertz CT molecular complexity index is 1300. The Morgan fingerprint density at radius 1 is 1.00 bits per heavy atom. The van der Waals surface area contributed by atoms with E-state index in [2.05, 4.69) is 35.0 Å². The van der Waals surface area contributed by atoms with Crippen molar-refractivity contribution >= 4 is 33.3 Å². The van der Waals surface area contributed by atoms with Crippen LogP contribution in [-0.4, -0.2) is 60.1 Å². The van der Waals surface area contributed by atoms with E-state index in [1.54, 1.807) is 11.3 Å². The molecule has 1 fully saturated rings. The van der Waals surface area contributed by atoms with Crippen molar-refractivity contribution in [3.8, 4) is 17.1 Å². The van der Waals surface area contributed by atoms with E-state index in [9.17, 15) is 4.79 Å². The number of anilines is 1. The Labute approximate surface area is 209 Å². The molecule has 0 atom stereocenters. The van der Waals surface area contributed by atoms with Crippen LogP contribution >= 0.6 is 11.3 Å². The van der Waals surface area contributed by atoms with Crippen LogP contribution < -0.4 is 15.4 Å². The van der Waals surface area contributed by atoms with Gasteiger partial charge in [0.05, 0.1) is 5.39 Å². The van der Waals surface area contributed by atoms with Crippen LogP contribution in [0.2, 0.25) is 0 Å². The number of amides is 1. The van der Waals surface area contributed by atoms with Crippen molar-refractivity contribution in [2.24, 2.45) is 5.73 Å². The summed E-state index contributed by atoms with van der Waals surface area (Å²) in [6.07, 6.45) is 0.949. The van der Waals surface area contributed by atoms with Crippen LogP contribution in [0.5, 0.6) is 6.01 Å². The van der Waals surface area contributed by atoms with E-state index in [0.717, 1.165) is 33.6 Å². The highest BCUT2D eigenvalue weighted by Crippen LogP contribution is 2.33. The zero-order valence-corrected chi connectivity index (χ0v) is 20.6. The van der Waals surface area contributed by atoms with Crippen LogP contribution in [-0.2, 0) is 6.42 Å². The molecule has 2 N–H and O–H groups in total. The fraction of sp³-hybridized carbons (Fsp3) is 0.296. The number of rotatable bonds is 7. The molecule has 1 aliphatic rings. The Balaban J connectivity index is 1.30. The van der Waals surface area contributed by atoms with Crippen molar-refractivity contribution in [2.45, 2.75) is 13.3 Å². The number of fused-ring (bicyclic) bond motifs is 1.